The maximum absolute atomic E-state index is 6.55. The van der Waals surface area contributed by atoms with Crippen molar-refractivity contribution in [1.82, 2.24) is 0 Å². The topological polar surface area (TPSA) is 9.23 Å². The molecule has 0 fully saturated rings. The number of hydrogen-bond acceptors (Lipinski definition) is 1. The lowest BCUT2D eigenvalue weighted by Crippen LogP contribution is -2.40. The highest BCUT2D eigenvalue weighted by Crippen LogP contribution is 2.39. The molecule has 0 saturated heterocycles. The zero-order chi connectivity index (χ0) is 15.9. The van der Waals surface area contributed by atoms with Crippen LogP contribution in [0.3, 0.4) is 0 Å². The summed E-state index contributed by atoms with van der Waals surface area (Å²) in [6.07, 6.45) is 16.0. The van der Waals surface area contributed by atoms with Gasteiger partial charge in [-0.05, 0) is 49.4 Å². The van der Waals surface area contributed by atoms with Gasteiger partial charge in [-0.1, -0.05) is 59.1 Å². The molecule has 21 heavy (non-hydrogen) atoms. The molecule has 1 rings (SSSR count). The molecule has 0 bridgehead atoms. The van der Waals surface area contributed by atoms with E-state index >= 15 is 0 Å². The van der Waals surface area contributed by atoms with Crippen molar-refractivity contribution >= 4 is 8.32 Å². The van der Waals surface area contributed by atoms with E-state index in [9.17, 15) is 0 Å². The fourth-order valence-corrected chi connectivity index (χ4v) is 3.53. The van der Waals surface area contributed by atoms with Crippen LogP contribution in [0.5, 0.6) is 0 Å². The fourth-order valence-electron chi connectivity index (χ4n) is 2.40. The van der Waals surface area contributed by atoms with Crippen molar-refractivity contribution in [3.63, 3.8) is 0 Å². The van der Waals surface area contributed by atoms with Gasteiger partial charge in [0, 0.05) is 6.42 Å². The predicted molar refractivity (Wildman–Crippen MR) is 97.0 cm³/mol. The SMILES string of the molecule is CCCC/C=C/[C@H]1C=C(O[Si](C)(C)C(C)(C)C)CCCC1. The van der Waals surface area contributed by atoms with Gasteiger partial charge in [0.15, 0.2) is 0 Å². The second-order valence-electron chi connectivity index (χ2n) is 7.98. The quantitative estimate of drug-likeness (QED) is 0.297. The van der Waals surface area contributed by atoms with Crippen LogP contribution in [0.2, 0.25) is 18.1 Å². The summed E-state index contributed by atoms with van der Waals surface area (Å²) in [6, 6.07) is 0. The first-order chi connectivity index (χ1) is 9.76. The molecule has 0 radical (unpaired) electrons. The molecule has 0 amide bonds. The first-order valence-electron chi connectivity index (χ1n) is 8.82. The minimum atomic E-state index is -1.68. The average molecular weight is 309 g/mol. The normalized spacial score (nSPS) is 21.2. The third kappa shape index (κ3) is 6.42. The summed E-state index contributed by atoms with van der Waals surface area (Å²) >= 11 is 0. The van der Waals surface area contributed by atoms with Crippen molar-refractivity contribution in [3.8, 4) is 0 Å². The summed E-state index contributed by atoms with van der Waals surface area (Å²) < 4.78 is 6.55. The van der Waals surface area contributed by atoms with Gasteiger partial charge >= 0.3 is 0 Å². The number of hydrogen-bond donors (Lipinski definition) is 0. The summed E-state index contributed by atoms with van der Waals surface area (Å²) in [5.74, 6) is 1.85. The van der Waals surface area contributed by atoms with Crippen molar-refractivity contribution in [2.24, 2.45) is 5.92 Å². The van der Waals surface area contributed by atoms with Crippen molar-refractivity contribution in [1.29, 1.82) is 0 Å². The van der Waals surface area contributed by atoms with Crippen LogP contribution < -0.4 is 0 Å². The molecular weight excluding hydrogens is 272 g/mol. The van der Waals surface area contributed by atoms with Crippen molar-refractivity contribution < 1.29 is 4.43 Å². The van der Waals surface area contributed by atoms with Gasteiger partial charge in [0.05, 0.1) is 5.76 Å². The molecule has 1 nitrogen and oxygen atoms in total. The van der Waals surface area contributed by atoms with E-state index in [1.165, 1.54) is 44.3 Å². The highest BCUT2D eigenvalue weighted by molar-refractivity contribution is 6.74. The first kappa shape index (κ1) is 18.5. The van der Waals surface area contributed by atoms with Crippen LogP contribution >= 0.6 is 0 Å². The minimum absolute atomic E-state index is 0.284. The third-order valence-electron chi connectivity index (χ3n) is 4.91. The minimum Gasteiger partial charge on any atom is -0.547 e. The molecule has 0 aliphatic heterocycles. The van der Waals surface area contributed by atoms with Crippen LogP contribution in [-0.2, 0) is 4.43 Å². The van der Waals surface area contributed by atoms with Crippen LogP contribution in [0.25, 0.3) is 0 Å². The third-order valence-corrected chi connectivity index (χ3v) is 9.30. The molecule has 0 aromatic rings. The van der Waals surface area contributed by atoms with E-state index in [4.69, 9.17) is 4.43 Å². The molecule has 0 unspecified atom stereocenters. The first-order valence-corrected chi connectivity index (χ1v) is 11.7. The smallest absolute Gasteiger partial charge is 0.250 e. The van der Waals surface area contributed by atoms with E-state index in [-0.39, 0.29) is 5.04 Å². The average Bonchev–Trinajstić information content (AvgIpc) is 2.58. The highest BCUT2D eigenvalue weighted by atomic mass is 28.4. The lowest BCUT2D eigenvalue weighted by molar-refractivity contribution is 0.363. The molecule has 2 heteroatoms. The van der Waals surface area contributed by atoms with Crippen LogP contribution in [0.15, 0.2) is 24.0 Å². The monoisotopic (exact) mass is 308 g/mol. The Kier molecular flexibility index (Phi) is 7.25. The van der Waals surface area contributed by atoms with Gasteiger partial charge in [0.1, 0.15) is 0 Å². The van der Waals surface area contributed by atoms with Gasteiger partial charge in [0.25, 0.3) is 0 Å². The Morgan fingerprint density at radius 3 is 2.62 bits per heavy atom. The molecule has 1 aliphatic rings. The highest BCUT2D eigenvalue weighted by Gasteiger charge is 2.39. The Labute approximate surface area is 134 Å². The number of rotatable bonds is 6. The molecule has 0 heterocycles. The number of unbranched alkanes of at least 4 members (excludes halogenated alkanes) is 2. The fraction of sp³-hybridized carbons (Fsp3) is 0.789. The Morgan fingerprint density at radius 1 is 1.29 bits per heavy atom. The molecular formula is C19H36OSi. The maximum Gasteiger partial charge on any atom is 0.250 e. The van der Waals surface area contributed by atoms with Crippen LogP contribution in [-0.4, -0.2) is 8.32 Å². The van der Waals surface area contributed by atoms with Gasteiger partial charge in [-0.25, -0.2) is 0 Å². The number of allylic oxidation sites excluding steroid dienone is 4. The van der Waals surface area contributed by atoms with Crippen molar-refractivity contribution in [2.45, 2.75) is 90.8 Å². The summed E-state index contributed by atoms with van der Waals surface area (Å²) in [5.41, 5.74) is 0. The largest absolute Gasteiger partial charge is 0.547 e. The van der Waals surface area contributed by atoms with Gasteiger partial charge < -0.3 is 4.43 Å². The standard InChI is InChI=1S/C19H36OSi/c1-7-8-9-10-13-17-14-11-12-15-18(16-17)20-21(5,6)19(2,3)4/h10,13,16-17H,7-9,11-12,14-15H2,1-6H3/b13-10+/t17-/m1/s1. The van der Waals surface area contributed by atoms with Crippen LogP contribution in [0.1, 0.15) is 72.6 Å². The van der Waals surface area contributed by atoms with E-state index in [0.717, 1.165) is 6.42 Å². The molecule has 1 atom stereocenters. The van der Waals surface area contributed by atoms with Gasteiger partial charge in [-0.15, -0.1) is 0 Å². The molecule has 122 valence electrons. The molecule has 0 aromatic carbocycles. The Balaban J connectivity index is 2.70. The Morgan fingerprint density at radius 2 is 2.00 bits per heavy atom. The van der Waals surface area contributed by atoms with Gasteiger partial charge in [0.2, 0.25) is 8.32 Å². The molecule has 0 saturated carbocycles. The molecule has 0 aromatic heterocycles. The van der Waals surface area contributed by atoms with Gasteiger partial charge in [-0.3, -0.25) is 0 Å². The molecule has 0 spiro atoms. The van der Waals surface area contributed by atoms with Crippen molar-refractivity contribution in [3.05, 3.63) is 24.0 Å². The lowest BCUT2D eigenvalue weighted by Gasteiger charge is -2.37. The van der Waals surface area contributed by atoms with E-state index in [0.29, 0.717) is 5.92 Å². The van der Waals surface area contributed by atoms with Crippen LogP contribution in [0.4, 0.5) is 0 Å². The van der Waals surface area contributed by atoms with E-state index in [1.807, 2.05) is 0 Å². The summed E-state index contributed by atoms with van der Waals surface area (Å²) in [4.78, 5) is 0. The van der Waals surface area contributed by atoms with Crippen molar-refractivity contribution in [2.75, 3.05) is 0 Å². The maximum atomic E-state index is 6.55. The van der Waals surface area contributed by atoms with E-state index < -0.39 is 8.32 Å². The Hall–Kier alpha value is -0.503. The second kappa shape index (κ2) is 8.21. The Bertz CT molecular complexity index is 360. The van der Waals surface area contributed by atoms with E-state index in [1.54, 1.807) is 0 Å². The summed E-state index contributed by atoms with van der Waals surface area (Å²) in [7, 11) is -1.68. The summed E-state index contributed by atoms with van der Waals surface area (Å²) in [5, 5.41) is 0.284. The second-order valence-corrected chi connectivity index (χ2v) is 12.7. The summed E-state index contributed by atoms with van der Waals surface area (Å²) in [6.45, 7) is 13.9. The molecule has 0 N–H and O–H groups in total. The zero-order valence-electron chi connectivity index (χ0n) is 15.2. The van der Waals surface area contributed by atoms with Crippen LogP contribution in [0, 0.1) is 5.92 Å². The lowest BCUT2D eigenvalue weighted by atomic mass is 10.0. The molecule has 1 aliphatic carbocycles. The van der Waals surface area contributed by atoms with E-state index in [2.05, 4.69) is 59.0 Å². The van der Waals surface area contributed by atoms with Gasteiger partial charge in [-0.2, -0.15) is 0 Å². The predicted octanol–water partition coefficient (Wildman–Crippen LogP) is 6.83. The zero-order valence-corrected chi connectivity index (χ0v) is 16.2.